The third-order valence-corrected chi connectivity index (χ3v) is 16.0. The van der Waals surface area contributed by atoms with Gasteiger partial charge in [-0.1, -0.05) is 42.0 Å². The molecule has 0 radical (unpaired) electrons. The Balaban J connectivity index is 1.21. The molecule has 2 aromatic rings. The number of hydrogen-bond donors (Lipinski definition) is 2. The first kappa shape index (κ1) is 37.3. The van der Waals surface area contributed by atoms with Gasteiger partial charge in [-0.2, -0.15) is 9.03 Å². The van der Waals surface area contributed by atoms with Crippen LogP contribution in [0.2, 0.25) is 4.34 Å². The molecule has 2 aliphatic rings. The molecule has 0 aromatic carbocycles. The fourth-order valence-electron chi connectivity index (χ4n) is 5.71. The van der Waals surface area contributed by atoms with Crippen LogP contribution in [0.5, 0.6) is 0 Å². The summed E-state index contributed by atoms with van der Waals surface area (Å²) in [4.78, 5) is 17.9. The molecule has 45 heavy (non-hydrogen) atoms. The normalized spacial score (nSPS) is 19.1. The first-order valence-corrected chi connectivity index (χ1v) is 22.0. The lowest BCUT2D eigenvalue weighted by Crippen LogP contribution is -2.42. The Morgan fingerprint density at radius 3 is 2.22 bits per heavy atom. The highest BCUT2D eigenvalue weighted by molar-refractivity contribution is 9.11. The van der Waals surface area contributed by atoms with Crippen LogP contribution in [0.15, 0.2) is 36.4 Å². The minimum absolute atomic E-state index is 0.0628. The number of hydrogen-bond acceptors (Lipinski definition) is 9. The molecule has 2 N–H and O–H groups in total. The number of aliphatic carboxylic acids is 1. The van der Waals surface area contributed by atoms with Crippen molar-refractivity contribution in [3.8, 4) is 0 Å². The van der Waals surface area contributed by atoms with Crippen LogP contribution in [-0.2, 0) is 36.0 Å². The monoisotopic (exact) mass is 850 g/mol. The van der Waals surface area contributed by atoms with E-state index in [2.05, 4.69) is 46.5 Å². The maximum atomic E-state index is 13.0. The summed E-state index contributed by atoms with van der Waals surface area (Å²) in [5, 5.41) is 9.40. The van der Waals surface area contributed by atoms with Gasteiger partial charge in [0.25, 0.3) is 10.0 Å². The molecule has 0 aliphatic carbocycles. The Morgan fingerprint density at radius 2 is 1.71 bits per heavy atom. The van der Waals surface area contributed by atoms with E-state index in [1.54, 1.807) is 10.4 Å². The second-order valence-electron chi connectivity index (χ2n) is 11.5. The third-order valence-electron chi connectivity index (χ3n) is 8.33. The summed E-state index contributed by atoms with van der Waals surface area (Å²) >= 11 is 12.6. The number of carbonyl (C=O) groups is 1. The average Bonchev–Trinajstić information content (AvgIpc) is 3.34. The number of anilines is 1. The van der Waals surface area contributed by atoms with Crippen LogP contribution in [0, 0.1) is 11.8 Å². The van der Waals surface area contributed by atoms with Crippen LogP contribution < -0.4 is 9.62 Å². The Labute approximate surface area is 294 Å². The highest BCUT2D eigenvalue weighted by atomic mass is 79.9. The number of rotatable bonds is 14. The number of nitrogens with zero attached hydrogens (tertiary/aromatic N) is 3. The molecule has 2 aliphatic heterocycles. The van der Waals surface area contributed by atoms with Gasteiger partial charge < -0.3 is 14.6 Å². The van der Waals surface area contributed by atoms with E-state index in [1.165, 1.54) is 18.5 Å². The molecule has 252 valence electrons. The van der Waals surface area contributed by atoms with Crippen molar-refractivity contribution < 1.29 is 31.3 Å². The smallest absolute Gasteiger partial charge is 0.321 e. The van der Waals surface area contributed by atoms with Crippen molar-refractivity contribution in [3.05, 3.63) is 31.6 Å². The molecule has 18 heteroatoms. The zero-order valence-electron chi connectivity index (χ0n) is 24.7. The van der Waals surface area contributed by atoms with Crippen LogP contribution >= 0.6 is 54.8 Å². The van der Waals surface area contributed by atoms with Gasteiger partial charge in [-0.25, -0.2) is 21.8 Å². The molecular weight excluding hydrogens is 816 g/mol. The van der Waals surface area contributed by atoms with Crippen LogP contribution in [0.1, 0.15) is 51.4 Å². The SMILES string of the molecule is C[S+]([O-])CCC(NS(=O)(=O)c1cnc(N2CCC(CCCC3CCN(S(=O)(=O)c4cc(Br)c(Cl)s4)CC3)CC2)c(Br)c1)C(=O)O. The summed E-state index contributed by atoms with van der Waals surface area (Å²) in [6.07, 6.45) is 9.57. The van der Waals surface area contributed by atoms with Crippen molar-refractivity contribution in [1.82, 2.24) is 14.0 Å². The Hall–Kier alpha value is -0.500. The number of piperidine rings is 2. The minimum atomic E-state index is -4.15. The molecule has 0 spiro atoms. The van der Waals surface area contributed by atoms with Gasteiger partial charge >= 0.3 is 5.97 Å². The molecule has 0 bridgehead atoms. The quantitative estimate of drug-likeness (QED) is 0.240. The zero-order chi connectivity index (χ0) is 32.9. The topological polar surface area (TPSA) is 160 Å². The molecule has 0 saturated carbocycles. The first-order valence-electron chi connectivity index (χ1n) is 14.6. The number of carboxylic acids is 1. The summed E-state index contributed by atoms with van der Waals surface area (Å²) in [5.74, 6) is 0.467. The lowest BCUT2D eigenvalue weighted by Gasteiger charge is -2.34. The molecule has 2 saturated heterocycles. The molecule has 0 amide bonds. The second-order valence-corrected chi connectivity index (χ2v) is 20.2. The van der Waals surface area contributed by atoms with E-state index < -0.39 is 43.2 Å². The maximum absolute atomic E-state index is 13.0. The molecular formula is C27H37Br2ClN4O7S4. The highest BCUT2D eigenvalue weighted by Gasteiger charge is 2.32. The van der Waals surface area contributed by atoms with E-state index >= 15 is 0 Å². The second kappa shape index (κ2) is 16.3. The van der Waals surface area contributed by atoms with Gasteiger partial charge in [-0.3, -0.25) is 4.79 Å². The number of thiophene rings is 1. The first-order chi connectivity index (χ1) is 21.2. The molecule has 11 nitrogen and oxygen atoms in total. The summed E-state index contributed by atoms with van der Waals surface area (Å²) in [7, 11) is -7.67. The summed E-state index contributed by atoms with van der Waals surface area (Å²) in [6, 6.07) is 1.62. The van der Waals surface area contributed by atoms with Gasteiger partial charge in [-0.15, -0.1) is 11.3 Å². The molecule has 2 atom stereocenters. The van der Waals surface area contributed by atoms with Crippen molar-refractivity contribution in [3.63, 3.8) is 0 Å². The van der Waals surface area contributed by atoms with Crippen LogP contribution in [-0.4, -0.2) is 86.0 Å². The maximum Gasteiger partial charge on any atom is 0.321 e. The van der Waals surface area contributed by atoms with Crippen molar-refractivity contribution >= 4 is 97.8 Å². The molecule has 4 rings (SSSR count). The third kappa shape index (κ3) is 10.0. The van der Waals surface area contributed by atoms with E-state index in [1.807, 2.05) is 0 Å². The highest BCUT2D eigenvalue weighted by Crippen LogP contribution is 2.37. The molecule has 4 heterocycles. The minimum Gasteiger partial charge on any atom is -0.617 e. The summed E-state index contributed by atoms with van der Waals surface area (Å²) in [5.41, 5.74) is 0. The standard InChI is InChI=1S/C27H37Br2ClN4O7S4/c1-43(37)14-9-23(27(35)36)32-44(38,39)20-15-22(29)26(31-17-20)33-10-5-18(6-11-33)3-2-4-19-7-12-34(13-8-19)45(40,41)24-16-21(28)25(30)42-24/h15-19,23,32H,2-14H2,1H3,(H,35,36). The van der Waals surface area contributed by atoms with Gasteiger partial charge in [0.05, 0.1) is 10.7 Å². The fourth-order valence-corrected chi connectivity index (χ4v) is 12.2. The number of nitrogens with one attached hydrogen (secondary N) is 1. The van der Waals surface area contributed by atoms with Crippen LogP contribution in [0.25, 0.3) is 0 Å². The van der Waals surface area contributed by atoms with Crippen molar-refractivity contribution in [2.75, 3.05) is 43.1 Å². The van der Waals surface area contributed by atoms with E-state index in [-0.39, 0.29) is 21.3 Å². The van der Waals surface area contributed by atoms with Crippen molar-refractivity contribution in [2.24, 2.45) is 11.8 Å². The Kier molecular flexibility index (Phi) is 13.5. The molecule has 2 unspecified atom stereocenters. The van der Waals surface area contributed by atoms with Gasteiger partial charge in [0.15, 0.2) is 0 Å². The Morgan fingerprint density at radius 1 is 1.11 bits per heavy atom. The number of pyridine rings is 1. The number of carboxylic acid groups (broad SMARTS) is 1. The van der Waals surface area contributed by atoms with Crippen LogP contribution in [0.4, 0.5) is 5.82 Å². The van der Waals surface area contributed by atoms with Gasteiger partial charge in [0, 0.05) is 43.3 Å². The van der Waals surface area contributed by atoms with E-state index in [4.69, 9.17) is 11.6 Å². The predicted molar refractivity (Wildman–Crippen MR) is 185 cm³/mol. The van der Waals surface area contributed by atoms with E-state index in [9.17, 15) is 31.3 Å². The van der Waals surface area contributed by atoms with Crippen LogP contribution in [0.3, 0.4) is 0 Å². The van der Waals surface area contributed by atoms with E-state index in [0.717, 1.165) is 69.4 Å². The largest absolute Gasteiger partial charge is 0.617 e. The lowest BCUT2D eigenvalue weighted by molar-refractivity contribution is -0.139. The summed E-state index contributed by atoms with van der Waals surface area (Å²) in [6.45, 7) is 2.62. The number of aromatic nitrogens is 1. The zero-order valence-corrected chi connectivity index (χ0v) is 31.9. The predicted octanol–water partition coefficient (Wildman–Crippen LogP) is 5.31. The summed E-state index contributed by atoms with van der Waals surface area (Å²) < 4.78 is 68.6. The fraction of sp³-hybridized carbons (Fsp3) is 0.630. The molecule has 2 aromatic heterocycles. The van der Waals surface area contributed by atoms with E-state index in [0.29, 0.717) is 44.0 Å². The average molecular weight is 853 g/mol. The van der Waals surface area contributed by atoms with Crippen molar-refractivity contribution in [1.29, 1.82) is 0 Å². The number of sulfonamides is 2. The van der Waals surface area contributed by atoms with Gasteiger partial charge in [0.1, 0.15) is 31.1 Å². The Bertz CT molecular complexity index is 1530. The lowest BCUT2D eigenvalue weighted by atomic mass is 9.87. The van der Waals surface area contributed by atoms with Crippen molar-refractivity contribution in [2.45, 2.75) is 66.5 Å². The molecule has 2 fully saturated rings. The van der Waals surface area contributed by atoms with Gasteiger partial charge in [0.2, 0.25) is 10.0 Å². The number of halogens is 3. The van der Waals surface area contributed by atoms with Gasteiger partial charge in [-0.05, 0) is 81.5 Å².